The molecular formula is C13H16ClFO2. The summed E-state index contributed by atoms with van der Waals surface area (Å²) in [5.41, 5.74) is -0.709. The van der Waals surface area contributed by atoms with Crippen molar-refractivity contribution in [2.24, 2.45) is 0 Å². The van der Waals surface area contributed by atoms with Gasteiger partial charge in [0.15, 0.2) is 0 Å². The number of benzene rings is 1. The van der Waals surface area contributed by atoms with Crippen LogP contribution >= 0.6 is 11.6 Å². The van der Waals surface area contributed by atoms with Crippen LogP contribution in [0.2, 0.25) is 5.02 Å². The van der Waals surface area contributed by atoms with Gasteiger partial charge in [-0.25, -0.2) is 4.39 Å². The molecule has 1 atom stereocenters. The van der Waals surface area contributed by atoms with Crippen molar-refractivity contribution >= 4 is 11.6 Å². The second-order valence-corrected chi connectivity index (χ2v) is 5.20. The minimum absolute atomic E-state index is 0.100. The van der Waals surface area contributed by atoms with Crippen molar-refractivity contribution in [1.29, 1.82) is 0 Å². The first kappa shape index (κ1) is 12.8. The highest BCUT2D eigenvalue weighted by Gasteiger charge is 2.38. The number of rotatable bonds is 3. The van der Waals surface area contributed by atoms with E-state index in [-0.39, 0.29) is 6.42 Å². The maximum Gasteiger partial charge on any atom is 0.126 e. The van der Waals surface area contributed by atoms with Crippen molar-refractivity contribution in [3.05, 3.63) is 34.6 Å². The van der Waals surface area contributed by atoms with E-state index in [2.05, 4.69) is 0 Å². The van der Waals surface area contributed by atoms with Crippen molar-refractivity contribution in [1.82, 2.24) is 0 Å². The third kappa shape index (κ3) is 2.79. The minimum atomic E-state index is -1.06. The lowest BCUT2D eigenvalue weighted by Crippen LogP contribution is -2.41. The van der Waals surface area contributed by atoms with Gasteiger partial charge in [0.25, 0.3) is 0 Å². The molecule has 2 N–H and O–H groups in total. The van der Waals surface area contributed by atoms with Crippen LogP contribution in [-0.4, -0.2) is 21.9 Å². The maximum absolute atomic E-state index is 13.5. The number of hydrogen-bond acceptors (Lipinski definition) is 2. The van der Waals surface area contributed by atoms with Crippen LogP contribution in [0.3, 0.4) is 0 Å². The van der Waals surface area contributed by atoms with Crippen LogP contribution in [0.4, 0.5) is 4.39 Å². The summed E-state index contributed by atoms with van der Waals surface area (Å²) >= 11 is 5.78. The van der Waals surface area contributed by atoms with Gasteiger partial charge in [0.1, 0.15) is 5.82 Å². The smallest absolute Gasteiger partial charge is 0.126 e. The Morgan fingerprint density at radius 3 is 2.65 bits per heavy atom. The summed E-state index contributed by atoms with van der Waals surface area (Å²) < 4.78 is 13.5. The minimum Gasteiger partial charge on any atom is -0.390 e. The molecule has 1 aliphatic carbocycles. The molecule has 1 unspecified atom stereocenters. The van der Waals surface area contributed by atoms with E-state index in [0.29, 0.717) is 23.4 Å². The SMILES string of the molecule is OC(Cc1cc(Cl)ccc1F)C1(O)CCCC1. The zero-order chi connectivity index (χ0) is 12.5. The summed E-state index contributed by atoms with van der Waals surface area (Å²) in [6.07, 6.45) is 2.14. The van der Waals surface area contributed by atoms with Gasteiger partial charge in [0, 0.05) is 11.4 Å². The lowest BCUT2D eigenvalue weighted by atomic mass is 9.90. The molecule has 0 amide bonds. The van der Waals surface area contributed by atoms with Crippen molar-refractivity contribution < 1.29 is 14.6 Å². The molecule has 0 radical (unpaired) electrons. The lowest BCUT2D eigenvalue weighted by Gasteiger charge is -2.28. The first-order chi connectivity index (χ1) is 8.01. The Labute approximate surface area is 105 Å². The average molecular weight is 259 g/mol. The number of hydrogen-bond donors (Lipinski definition) is 2. The van der Waals surface area contributed by atoms with Gasteiger partial charge in [0.05, 0.1) is 11.7 Å². The Kier molecular flexibility index (Phi) is 3.71. The number of aliphatic hydroxyl groups is 2. The Hall–Kier alpha value is -0.640. The van der Waals surface area contributed by atoms with Gasteiger partial charge in [-0.05, 0) is 36.6 Å². The summed E-state index contributed by atoms with van der Waals surface area (Å²) in [6.45, 7) is 0. The molecule has 0 saturated heterocycles. The fourth-order valence-corrected chi connectivity index (χ4v) is 2.61. The molecule has 2 rings (SSSR count). The quantitative estimate of drug-likeness (QED) is 0.875. The van der Waals surface area contributed by atoms with Gasteiger partial charge < -0.3 is 10.2 Å². The second-order valence-electron chi connectivity index (χ2n) is 4.77. The van der Waals surface area contributed by atoms with E-state index in [9.17, 15) is 14.6 Å². The standard InChI is InChI=1S/C13H16ClFO2/c14-10-3-4-11(15)9(7-10)8-12(16)13(17)5-1-2-6-13/h3-4,7,12,16-17H,1-2,5-6,8H2. The zero-order valence-corrected chi connectivity index (χ0v) is 10.3. The molecule has 0 spiro atoms. The topological polar surface area (TPSA) is 40.5 Å². The monoisotopic (exact) mass is 258 g/mol. The molecule has 1 aliphatic rings. The highest BCUT2D eigenvalue weighted by molar-refractivity contribution is 6.30. The van der Waals surface area contributed by atoms with Crippen LogP contribution in [0, 0.1) is 5.82 Å². The van der Waals surface area contributed by atoms with Gasteiger partial charge in [-0.15, -0.1) is 0 Å². The Balaban J connectivity index is 2.12. The largest absolute Gasteiger partial charge is 0.390 e. The number of halogens is 2. The fourth-order valence-electron chi connectivity index (χ4n) is 2.42. The molecule has 0 heterocycles. The van der Waals surface area contributed by atoms with Crippen molar-refractivity contribution in [3.8, 4) is 0 Å². The van der Waals surface area contributed by atoms with Gasteiger partial charge in [0.2, 0.25) is 0 Å². The van der Waals surface area contributed by atoms with Gasteiger partial charge in [-0.1, -0.05) is 24.4 Å². The molecule has 4 heteroatoms. The molecule has 1 aromatic carbocycles. The van der Waals surface area contributed by atoms with Crippen LogP contribution in [-0.2, 0) is 6.42 Å². The van der Waals surface area contributed by atoms with E-state index >= 15 is 0 Å². The Morgan fingerprint density at radius 2 is 2.00 bits per heavy atom. The van der Waals surface area contributed by atoms with E-state index in [1.165, 1.54) is 18.2 Å². The zero-order valence-electron chi connectivity index (χ0n) is 9.50. The molecular weight excluding hydrogens is 243 g/mol. The first-order valence-electron chi connectivity index (χ1n) is 5.86. The summed E-state index contributed by atoms with van der Waals surface area (Å²) in [4.78, 5) is 0. The highest BCUT2D eigenvalue weighted by Crippen LogP contribution is 2.34. The molecule has 1 saturated carbocycles. The molecule has 0 aromatic heterocycles. The molecule has 94 valence electrons. The summed E-state index contributed by atoms with van der Waals surface area (Å²) in [6, 6.07) is 4.25. The van der Waals surface area contributed by atoms with Crippen LogP contribution < -0.4 is 0 Å². The molecule has 17 heavy (non-hydrogen) atoms. The third-order valence-electron chi connectivity index (χ3n) is 3.51. The van der Waals surface area contributed by atoms with E-state index in [1.54, 1.807) is 0 Å². The van der Waals surface area contributed by atoms with E-state index < -0.39 is 17.5 Å². The van der Waals surface area contributed by atoms with Crippen LogP contribution in [0.25, 0.3) is 0 Å². The third-order valence-corrected chi connectivity index (χ3v) is 3.75. The maximum atomic E-state index is 13.5. The first-order valence-corrected chi connectivity index (χ1v) is 6.23. The van der Waals surface area contributed by atoms with Gasteiger partial charge in [-0.2, -0.15) is 0 Å². The van der Waals surface area contributed by atoms with Gasteiger partial charge >= 0.3 is 0 Å². The lowest BCUT2D eigenvalue weighted by molar-refractivity contribution is -0.0691. The fraction of sp³-hybridized carbons (Fsp3) is 0.538. The number of aliphatic hydroxyl groups excluding tert-OH is 1. The van der Waals surface area contributed by atoms with Crippen molar-refractivity contribution in [2.75, 3.05) is 0 Å². The van der Waals surface area contributed by atoms with E-state index in [0.717, 1.165) is 12.8 Å². The van der Waals surface area contributed by atoms with Crippen molar-refractivity contribution in [3.63, 3.8) is 0 Å². The van der Waals surface area contributed by atoms with E-state index in [4.69, 9.17) is 11.6 Å². The van der Waals surface area contributed by atoms with E-state index in [1.807, 2.05) is 0 Å². The van der Waals surface area contributed by atoms with Gasteiger partial charge in [-0.3, -0.25) is 0 Å². The Bertz CT molecular complexity index is 402. The predicted molar refractivity (Wildman–Crippen MR) is 64.5 cm³/mol. The van der Waals surface area contributed by atoms with Crippen LogP contribution in [0.1, 0.15) is 31.2 Å². The molecule has 2 nitrogen and oxygen atoms in total. The molecule has 0 aliphatic heterocycles. The summed E-state index contributed by atoms with van der Waals surface area (Å²) in [5.74, 6) is -0.393. The summed E-state index contributed by atoms with van der Waals surface area (Å²) in [7, 11) is 0. The molecule has 1 aromatic rings. The van der Waals surface area contributed by atoms with Crippen LogP contribution in [0.5, 0.6) is 0 Å². The summed E-state index contributed by atoms with van der Waals surface area (Å²) in [5, 5.41) is 20.6. The predicted octanol–water partition coefficient (Wildman–Crippen LogP) is 2.69. The average Bonchev–Trinajstić information content (AvgIpc) is 2.72. The van der Waals surface area contributed by atoms with Crippen LogP contribution in [0.15, 0.2) is 18.2 Å². The molecule has 0 bridgehead atoms. The van der Waals surface area contributed by atoms with Crippen molar-refractivity contribution in [2.45, 2.75) is 43.8 Å². The normalized spacial score (nSPS) is 20.5. The highest BCUT2D eigenvalue weighted by atomic mass is 35.5. The molecule has 1 fully saturated rings. The Morgan fingerprint density at radius 1 is 1.35 bits per heavy atom. The second kappa shape index (κ2) is 4.92.